The van der Waals surface area contributed by atoms with Crippen molar-refractivity contribution in [2.75, 3.05) is 0 Å². The molecule has 1 saturated carbocycles. The fourth-order valence-corrected chi connectivity index (χ4v) is 2.76. The standard InChI is InChI=1S/C15H19ClO2/c1-14(2)7-8-15(18,12(9-14)10-17)11-3-5-13(16)6-4-11/h3-6,10,17-18H,7-9H2,1-2H3/b12-10-. The Bertz CT molecular complexity index is 462. The van der Waals surface area contributed by atoms with E-state index in [4.69, 9.17) is 11.6 Å². The van der Waals surface area contributed by atoms with Gasteiger partial charge in [-0.3, -0.25) is 0 Å². The maximum atomic E-state index is 10.9. The normalized spacial score (nSPS) is 29.4. The number of benzene rings is 1. The topological polar surface area (TPSA) is 40.5 Å². The summed E-state index contributed by atoms with van der Waals surface area (Å²) in [5.41, 5.74) is 0.533. The first-order valence-electron chi connectivity index (χ1n) is 6.20. The summed E-state index contributed by atoms with van der Waals surface area (Å²) < 4.78 is 0. The van der Waals surface area contributed by atoms with Crippen molar-refractivity contribution in [3.8, 4) is 0 Å². The quantitative estimate of drug-likeness (QED) is 0.749. The van der Waals surface area contributed by atoms with Gasteiger partial charge in [-0.25, -0.2) is 0 Å². The fraction of sp³-hybridized carbons (Fsp3) is 0.467. The molecule has 1 aliphatic rings. The smallest absolute Gasteiger partial charge is 0.114 e. The minimum atomic E-state index is -1.06. The SMILES string of the molecule is CC1(C)CCC(O)(c2ccc(Cl)cc2)/C(=C\O)C1. The Morgan fingerprint density at radius 1 is 1.17 bits per heavy atom. The van der Waals surface area contributed by atoms with Crippen molar-refractivity contribution in [1.82, 2.24) is 0 Å². The molecule has 1 fully saturated rings. The Hall–Kier alpha value is -0.990. The Balaban J connectivity index is 2.38. The minimum Gasteiger partial charge on any atom is -0.516 e. The first-order chi connectivity index (χ1) is 8.37. The van der Waals surface area contributed by atoms with Crippen molar-refractivity contribution in [3.05, 3.63) is 46.7 Å². The highest BCUT2D eigenvalue weighted by Crippen LogP contribution is 2.48. The predicted octanol–water partition coefficient (Wildman–Crippen LogP) is 4.18. The van der Waals surface area contributed by atoms with E-state index in [1.807, 2.05) is 12.1 Å². The second-order valence-corrected chi connectivity index (χ2v) is 6.30. The Morgan fingerprint density at radius 3 is 2.33 bits per heavy atom. The van der Waals surface area contributed by atoms with Crippen LogP contribution in [0.5, 0.6) is 0 Å². The summed E-state index contributed by atoms with van der Waals surface area (Å²) in [5, 5.41) is 20.9. The van der Waals surface area contributed by atoms with Gasteiger partial charge in [-0.15, -0.1) is 0 Å². The molecule has 1 unspecified atom stereocenters. The van der Waals surface area contributed by atoms with Gasteiger partial charge in [0.05, 0.1) is 6.26 Å². The highest BCUT2D eigenvalue weighted by molar-refractivity contribution is 6.30. The summed E-state index contributed by atoms with van der Waals surface area (Å²) in [7, 11) is 0. The number of aliphatic hydroxyl groups is 2. The van der Waals surface area contributed by atoms with Crippen LogP contribution in [-0.4, -0.2) is 10.2 Å². The van der Waals surface area contributed by atoms with E-state index in [1.165, 1.54) is 0 Å². The zero-order valence-corrected chi connectivity index (χ0v) is 11.5. The molecule has 1 atom stereocenters. The Kier molecular flexibility index (Phi) is 3.43. The van der Waals surface area contributed by atoms with Gasteiger partial charge < -0.3 is 10.2 Å². The van der Waals surface area contributed by atoms with Gasteiger partial charge in [0.15, 0.2) is 0 Å². The van der Waals surface area contributed by atoms with E-state index in [2.05, 4.69) is 13.8 Å². The van der Waals surface area contributed by atoms with Gasteiger partial charge in [-0.2, -0.15) is 0 Å². The third-order valence-corrected chi connectivity index (χ3v) is 4.09. The van der Waals surface area contributed by atoms with E-state index in [0.717, 1.165) is 18.2 Å². The lowest BCUT2D eigenvalue weighted by atomic mass is 9.66. The maximum Gasteiger partial charge on any atom is 0.114 e. The molecule has 0 saturated heterocycles. The molecule has 1 aromatic rings. The zero-order valence-electron chi connectivity index (χ0n) is 10.8. The van der Waals surface area contributed by atoms with Gasteiger partial charge in [-0.05, 0) is 42.4 Å². The van der Waals surface area contributed by atoms with Gasteiger partial charge in [-0.1, -0.05) is 37.6 Å². The van der Waals surface area contributed by atoms with Gasteiger partial charge in [0.2, 0.25) is 0 Å². The fourth-order valence-electron chi connectivity index (χ4n) is 2.64. The number of halogens is 1. The number of rotatable bonds is 1. The third kappa shape index (κ3) is 2.40. The van der Waals surface area contributed by atoms with Crippen LogP contribution in [0.2, 0.25) is 5.02 Å². The lowest BCUT2D eigenvalue weighted by Crippen LogP contribution is -2.37. The molecule has 0 bridgehead atoms. The van der Waals surface area contributed by atoms with Crippen LogP contribution in [-0.2, 0) is 5.60 Å². The third-order valence-electron chi connectivity index (χ3n) is 3.84. The molecular weight excluding hydrogens is 248 g/mol. The lowest BCUT2D eigenvalue weighted by Gasteiger charge is -2.42. The van der Waals surface area contributed by atoms with E-state index in [0.29, 0.717) is 23.4 Å². The van der Waals surface area contributed by atoms with E-state index >= 15 is 0 Å². The van der Waals surface area contributed by atoms with Crippen LogP contribution in [0.25, 0.3) is 0 Å². The average molecular weight is 267 g/mol. The molecule has 2 rings (SSSR count). The molecule has 0 aromatic heterocycles. The second kappa shape index (κ2) is 4.60. The van der Waals surface area contributed by atoms with Crippen LogP contribution in [0.15, 0.2) is 36.1 Å². The minimum absolute atomic E-state index is 0.118. The van der Waals surface area contributed by atoms with Crippen LogP contribution in [0, 0.1) is 5.41 Å². The summed E-state index contributed by atoms with van der Waals surface area (Å²) in [4.78, 5) is 0. The van der Waals surface area contributed by atoms with Crippen LogP contribution in [0.3, 0.4) is 0 Å². The molecular formula is C15H19ClO2. The van der Waals surface area contributed by atoms with Crippen LogP contribution in [0.4, 0.5) is 0 Å². The first-order valence-corrected chi connectivity index (χ1v) is 6.57. The molecule has 0 amide bonds. The molecule has 3 heteroatoms. The second-order valence-electron chi connectivity index (χ2n) is 5.86. The molecule has 2 N–H and O–H groups in total. The molecule has 0 aliphatic heterocycles. The van der Waals surface area contributed by atoms with E-state index < -0.39 is 5.60 Å². The van der Waals surface area contributed by atoms with Crippen molar-refractivity contribution < 1.29 is 10.2 Å². The maximum absolute atomic E-state index is 10.9. The highest BCUT2D eigenvalue weighted by Gasteiger charge is 2.42. The molecule has 0 spiro atoms. The van der Waals surface area contributed by atoms with Crippen molar-refractivity contribution in [1.29, 1.82) is 0 Å². The summed E-state index contributed by atoms with van der Waals surface area (Å²) >= 11 is 5.87. The summed E-state index contributed by atoms with van der Waals surface area (Å²) in [5.74, 6) is 0. The van der Waals surface area contributed by atoms with Gasteiger partial charge in [0.1, 0.15) is 5.60 Å². The Labute approximate surface area is 113 Å². The van der Waals surface area contributed by atoms with Crippen LogP contribution < -0.4 is 0 Å². The van der Waals surface area contributed by atoms with E-state index in [1.54, 1.807) is 12.1 Å². The molecule has 1 aromatic carbocycles. The van der Waals surface area contributed by atoms with Crippen molar-refractivity contribution in [3.63, 3.8) is 0 Å². The highest BCUT2D eigenvalue weighted by atomic mass is 35.5. The number of hydrogen-bond acceptors (Lipinski definition) is 2. The summed E-state index contributed by atoms with van der Waals surface area (Å²) in [6.07, 6.45) is 3.30. The predicted molar refractivity (Wildman–Crippen MR) is 73.7 cm³/mol. The Morgan fingerprint density at radius 2 is 1.78 bits per heavy atom. The van der Waals surface area contributed by atoms with E-state index in [9.17, 15) is 10.2 Å². The molecule has 0 heterocycles. The van der Waals surface area contributed by atoms with Gasteiger partial charge >= 0.3 is 0 Å². The van der Waals surface area contributed by atoms with Crippen molar-refractivity contribution in [2.45, 2.75) is 38.7 Å². The molecule has 2 nitrogen and oxygen atoms in total. The summed E-state index contributed by atoms with van der Waals surface area (Å²) in [6.45, 7) is 4.30. The van der Waals surface area contributed by atoms with E-state index in [-0.39, 0.29) is 5.41 Å². The monoisotopic (exact) mass is 266 g/mol. The van der Waals surface area contributed by atoms with Crippen molar-refractivity contribution >= 4 is 11.6 Å². The number of hydrogen-bond donors (Lipinski definition) is 2. The van der Waals surface area contributed by atoms with Gasteiger partial charge in [0.25, 0.3) is 0 Å². The van der Waals surface area contributed by atoms with Crippen LogP contribution in [0.1, 0.15) is 38.7 Å². The van der Waals surface area contributed by atoms with Crippen molar-refractivity contribution in [2.24, 2.45) is 5.41 Å². The van der Waals surface area contributed by atoms with Crippen LogP contribution >= 0.6 is 11.6 Å². The van der Waals surface area contributed by atoms with Gasteiger partial charge in [0, 0.05) is 10.6 Å². The largest absolute Gasteiger partial charge is 0.516 e. The molecule has 98 valence electrons. The molecule has 1 aliphatic carbocycles. The number of aliphatic hydroxyl groups excluding tert-OH is 1. The average Bonchev–Trinajstić information content (AvgIpc) is 2.33. The lowest BCUT2D eigenvalue weighted by molar-refractivity contribution is 0.0181. The zero-order chi connectivity index (χ0) is 13.4. The summed E-state index contributed by atoms with van der Waals surface area (Å²) in [6, 6.07) is 7.18. The molecule has 0 radical (unpaired) electrons. The first kappa shape index (κ1) is 13.4. The molecule has 18 heavy (non-hydrogen) atoms.